The monoisotopic (exact) mass is 616 g/mol. The third-order valence-electron chi connectivity index (χ3n) is 6.24. The molecule has 1 N–H and O–H groups in total. The summed E-state index contributed by atoms with van der Waals surface area (Å²) in [5, 5.41) is 8.36. The van der Waals surface area contributed by atoms with Crippen LogP contribution < -0.4 is 9.46 Å². The van der Waals surface area contributed by atoms with Crippen molar-refractivity contribution in [1.82, 2.24) is 19.7 Å². The van der Waals surface area contributed by atoms with E-state index in [1.807, 2.05) is 0 Å². The number of sulfonamides is 1. The molecule has 0 spiro atoms. The number of alkyl halides is 6. The molecule has 5 rings (SSSR count). The summed E-state index contributed by atoms with van der Waals surface area (Å²) in [4.78, 5) is 0. The molecular formula is C26H22F6N4O5S. The van der Waals surface area contributed by atoms with Gasteiger partial charge in [-0.15, -0.1) is 0 Å². The summed E-state index contributed by atoms with van der Waals surface area (Å²) in [6.07, 6.45) is -9.45. The van der Waals surface area contributed by atoms with Gasteiger partial charge in [0.15, 0.2) is 11.5 Å². The highest BCUT2D eigenvalue weighted by Gasteiger charge is 2.46. The number of hydrogen-bond donors (Lipinski definition) is 1. The van der Waals surface area contributed by atoms with E-state index in [9.17, 15) is 34.8 Å². The molecule has 16 heteroatoms. The average Bonchev–Trinajstić information content (AvgIpc) is 3.45. The lowest BCUT2D eigenvalue weighted by molar-refractivity contribution is -0.137. The van der Waals surface area contributed by atoms with E-state index < -0.39 is 39.2 Å². The van der Waals surface area contributed by atoms with E-state index in [1.54, 1.807) is 37.3 Å². The van der Waals surface area contributed by atoms with Crippen LogP contribution in [0.1, 0.15) is 22.6 Å². The molecule has 1 aliphatic heterocycles. The van der Waals surface area contributed by atoms with Gasteiger partial charge in [-0.2, -0.15) is 36.2 Å². The molecular weight excluding hydrogens is 594 g/mol. The van der Waals surface area contributed by atoms with Gasteiger partial charge in [-0.25, -0.2) is 13.1 Å². The lowest BCUT2D eigenvalue weighted by Crippen LogP contribution is -2.60. The number of nitrogens with zero attached hydrogens (tertiary/aromatic N) is 3. The zero-order valence-electron chi connectivity index (χ0n) is 21.7. The summed E-state index contributed by atoms with van der Waals surface area (Å²) >= 11 is 0. The fourth-order valence-electron chi connectivity index (χ4n) is 4.32. The Morgan fingerprint density at radius 3 is 2.31 bits per heavy atom. The first kappa shape index (κ1) is 29.6. The Labute approximate surface area is 235 Å². The summed E-state index contributed by atoms with van der Waals surface area (Å²) in [5.41, 5.74) is -0.529. The molecule has 1 fully saturated rings. The van der Waals surface area contributed by atoms with Crippen LogP contribution in [0.2, 0.25) is 0 Å². The zero-order valence-corrected chi connectivity index (χ0v) is 22.5. The molecule has 3 heterocycles. The van der Waals surface area contributed by atoms with E-state index in [4.69, 9.17) is 14.0 Å². The van der Waals surface area contributed by atoms with Crippen LogP contribution in [0, 0.1) is 6.92 Å². The highest BCUT2D eigenvalue weighted by molar-refractivity contribution is 7.89. The van der Waals surface area contributed by atoms with Crippen LogP contribution in [0.25, 0.3) is 11.3 Å². The minimum atomic E-state index is -4.93. The molecule has 1 aliphatic rings. The molecule has 42 heavy (non-hydrogen) atoms. The molecule has 4 aromatic rings. The van der Waals surface area contributed by atoms with Gasteiger partial charge in [-0.1, -0.05) is 23.4 Å². The smallest absolute Gasteiger partial charge is 0.416 e. The first-order chi connectivity index (χ1) is 19.6. The van der Waals surface area contributed by atoms with Crippen LogP contribution in [0.3, 0.4) is 0 Å². The van der Waals surface area contributed by atoms with Crippen molar-refractivity contribution in [2.75, 3.05) is 19.0 Å². The molecule has 2 aromatic heterocycles. The molecule has 0 bridgehead atoms. The Bertz CT molecular complexity index is 1680. The van der Waals surface area contributed by atoms with Gasteiger partial charge in [-0.3, -0.25) is 0 Å². The molecule has 0 radical (unpaired) electrons. The van der Waals surface area contributed by atoms with Crippen molar-refractivity contribution in [1.29, 1.82) is 0 Å². The standard InChI is InChI=1S/C26H22F6N4O5S/c1-16-9-21(41-34-16)12-36-23(40-20-7-5-18(6-8-20)26(30,31)32)11-22(33-36)17-3-2-4-19(10-17)24(13-39-14-24)35-42(37,38)15-25(27,28)29/h2-11,35H,12-15H2,1H3. The van der Waals surface area contributed by atoms with Crippen molar-refractivity contribution in [3.05, 3.63) is 83.2 Å². The first-order valence-corrected chi connectivity index (χ1v) is 13.9. The van der Waals surface area contributed by atoms with Crippen LogP contribution in [-0.2, 0) is 33.0 Å². The lowest BCUT2D eigenvalue weighted by atomic mass is 9.88. The van der Waals surface area contributed by atoms with Crippen molar-refractivity contribution in [2.24, 2.45) is 0 Å². The molecule has 224 valence electrons. The normalized spacial score (nSPS) is 15.4. The Balaban J connectivity index is 1.47. The molecule has 0 saturated carbocycles. The lowest BCUT2D eigenvalue weighted by Gasteiger charge is -2.42. The second kappa shape index (κ2) is 10.7. The first-order valence-electron chi connectivity index (χ1n) is 12.2. The van der Waals surface area contributed by atoms with Gasteiger partial charge in [0.1, 0.15) is 17.8 Å². The Kier molecular flexibility index (Phi) is 7.57. The van der Waals surface area contributed by atoms with Crippen molar-refractivity contribution < 1.29 is 48.8 Å². The van der Waals surface area contributed by atoms with E-state index in [2.05, 4.69) is 15.0 Å². The van der Waals surface area contributed by atoms with Gasteiger partial charge >= 0.3 is 12.4 Å². The van der Waals surface area contributed by atoms with E-state index in [-0.39, 0.29) is 31.4 Å². The van der Waals surface area contributed by atoms with Gasteiger partial charge in [0.25, 0.3) is 0 Å². The minimum absolute atomic E-state index is 0.0471. The molecule has 0 aliphatic carbocycles. The summed E-state index contributed by atoms with van der Waals surface area (Å²) in [6.45, 7) is 1.39. The third kappa shape index (κ3) is 6.77. The highest BCUT2D eigenvalue weighted by Crippen LogP contribution is 2.36. The zero-order chi connectivity index (χ0) is 30.3. The van der Waals surface area contributed by atoms with Crippen molar-refractivity contribution in [2.45, 2.75) is 31.4 Å². The Hall–Kier alpha value is -3.89. The molecule has 2 aromatic carbocycles. The van der Waals surface area contributed by atoms with Crippen LogP contribution in [0.4, 0.5) is 26.3 Å². The largest absolute Gasteiger partial charge is 0.439 e. The topological polar surface area (TPSA) is 108 Å². The SMILES string of the molecule is Cc1cc(Cn2nc(-c3cccc(C4(NS(=O)(=O)CC(F)(F)F)COC4)c3)cc2Oc2ccc(C(F)(F)F)cc2)on1. The van der Waals surface area contributed by atoms with E-state index >= 15 is 0 Å². The predicted octanol–water partition coefficient (Wildman–Crippen LogP) is 5.41. The van der Waals surface area contributed by atoms with Crippen LogP contribution in [0.5, 0.6) is 11.6 Å². The summed E-state index contributed by atoms with van der Waals surface area (Å²) in [6, 6.07) is 13.6. The second-order valence-corrected chi connectivity index (χ2v) is 11.4. The number of ether oxygens (including phenoxy) is 2. The van der Waals surface area contributed by atoms with Gasteiger partial charge < -0.3 is 14.0 Å². The second-order valence-electron chi connectivity index (χ2n) is 9.72. The van der Waals surface area contributed by atoms with Gasteiger partial charge in [0.2, 0.25) is 15.9 Å². The van der Waals surface area contributed by atoms with Gasteiger partial charge in [0.05, 0.1) is 30.2 Å². The van der Waals surface area contributed by atoms with E-state index in [1.165, 1.54) is 10.7 Å². The summed E-state index contributed by atoms with van der Waals surface area (Å²) in [7, 11) is -4.75. The fourth-order valence-corrected chi connectivity index (χ4v) is 5.66. The van der Waals surface area contributed by atoms with E-state index in [0.717, 1.165) is 24.3 Å². The summed E-state index contributed by atoms with van der Waals surface area (Å²) < 4.78 is 122. The quantitative estimate of drug-likeness (QED) is 0.251. The minimum Gasteiger partial charge on any atom is -0.439 e. The fraction of sp³-hybridized carbons (Fsp3) is 0.308. The van der Waals surface area contributed by atoms with Crippen molar-refractivity contribution >= 4 is 10.0 Å². The van der Waals surface area contributed by atoms with Crippen LogP contribution in [0.15, 0.2) is 65.2 Å². The molecule has 0 unspecified atom stereocenters. The number of nitrogens with one attached hydrogen (secondary N) is 1. The number of benzene rings is 2. The molecule has 9 nitrogen and oxygen atoms in total. The number of aromatic nitrogens is 3. The maximum atomic E-state index is 13.0. The van der Waals surface area contributed by atoms with Crippen molar-refractivity contribution in [3.63, 3.8) is 0 Å². The van der Waals surface area contributed by atoms with Gasteiger partial charge in [-0.05, 0) is 42.8 Å². The summed E-state index contributed by atoms with van der Waals surface area (Å²) in [5.74, 6) is -1.39. The maximum absolute atomic E-state index is 13.0. The third-order valence-corrected chi connectivity index (χ3v) is 7.65. The van der Waals surface area contributed by atoms with Crippen LogP contribution in [-0.4, -0.2) is 48.5 Å². The average molecular weight is 617 g/mol. The van der Waals surface area contributed by atoms with Gasteiger partial charge in [0, 0.05) is 17.7 Å². The number of hydrogen-bond acceptors (Lipinski definition) is 7. The predicted molar refractivity (Wildman–Crippen MR) is 135 cm³/mol. The number of aryl methyl sites for hydroxylation is 1. The Morgan fingerprint density at radius 1 is 1.02 bits per heavy atom. The molecule has 0 atom stereocenters. The van der Waals surface area contributed by atoms with Crippen LogP contribution >= 0.6 is 0 Å². The number of halogens is 6. The van der Waals surface area contributed by atoms with Crippen molar-refractivity contribution in [3.8, 4) is 22.9 Å². The maximum Gasteiger partial charge on any atom is 0.416 e. The molecule has 1 saturated heterocycles. The van der Waals surface area contributed by atoms with E-state index in [0.29, 0.717) is 28.3 Å². The highest BCUT2D eigenvalue weighted by atomic mass is 32.2. The number of rotatable bonds is 9. The Morgan fingerprint density at radius 2 is 1.74 bits per heavy atom. The molecule has 0 amide bonds.